The lowest BCUT2D eigenvalue weighted by atomic mass is 10.1. The van der Waals surface area contributed by atoms with Crippen LogP contribution in [0.15, 0.2) is 24.3 Å². The van der Waals surface area contributed by atoms with Crippen LogP contribution in [0.3, 0.4) is 0 Å². The fourth-order valence-corrected chi connectivity index (χ4v) is 2.83. The van der Waals surface area contributed by atoms with Crippen LogP contribution in [-0.4, -0.2) is 31.3 Å². The van der Waals surface area contributed by atoms with Gasteiger partial charge >= 0.3 is 6.03 Å². The van der Waals surface area contributed by atoms with Crippen molar-refractivity contribution in [3.63, 3.8) is 0 Å². The minimum absolute atomic E-state index is 0.101. The molecule has 2 unspecified atom stereocenters. The molecule has 1 aromatic carbocycles. The summed E-state index contributed by atoms with van der Waals surface area (Å²) >= 11 is 0. The summed E-state index contributed by atoms with van der Waals surface area (Å²) in [5.74, 6) is 0. The highest BCUT2D eigenvalue weighted by atomic mass is 16.2. The first kappa shape index (κ1) is 14.0. The summed E-state index contributed by atoms with van der Waals surface area (Å²) in [7, 11) is 0. The standard InChI is InChI=1S/C15H23N5O/c1-11-14(17-15(21)19-18-11)16-12-5-7-13(8-6-12)20-9-3-2-4-10-20/h5-8,11,14,16,18H,2-4,9-10H2,1H3,(H2,17,19,21). The van der Waals surface area contributed by atoms with E-state index in [-0.39, 0.29) is 18.2 Å². The zero-order valence-corrected chi connectivity index (χ0v) is 12.4. The first-order valence-electron chi connectivity index (χ1n) is 7.66. The van der Waals surface area contributed by atoms with Crippen LogP contribution in [-0.2, 0) is 0 Å². The fourth-order valence-electron chi connectivity index (χ4n) is 2.83. The molecule has 0 radical (unpaired) electrons. The number of benzene rings is 1. The highest BCUT2D eigenvalue weighted by Crippen LogP contribution is 2.22. The zero-order chi connectivity index (χ0) is 14.7. The van der Waals surface area contributed by atoms with E-state index in [4.69, 9.17) is 0 Å². The Kier molecular flexibility index (Phi) is 4.15. The van der Waals surface area contributed by atoms with Crippen molar-refractivity contribution in [3.8, 4) is 0 Å². The summed E-state index contributed by atoms with van der Waals surface area (Å²) in [6.07, 6.45) is 3.78. The monoisotopic (exact) mass is 289 g/mol. The van der Waals surface area contributed by atoms with Crippen molar-refractivity contribution in [2.75, 3.05) is 23.3 Å². The smallest absolute Gasteiger partial charge is 0.330 e. The normalized spacial score (nSPS) is 26.0. The molecule has 0 bridgehead atoms. The zero-order valence-electron chi connectivity index (χ0n) is 12.4. The first-order chi connectivity index (χ1) is 10.2. The average Bonchev–Trinajstić information content (AvgIpc) is 2.53. The third-order valence-electron chi connectivity index (χ3n) is 4.11. The predicted molar refractivity (Wildman–Crippen MR) is 84.2 cm³/mol. The number of nitrogens with zero attached hydrogens (tertiary/aromatic N) is 1. The van der Waals surface area contributed by atoms with Gasteiger partial charge in [0.1, 0.15) is 6.17 Å². The third kappa shape index (κ3) is 3.39. The molecule has 114 valence electrons. The van der Waals surface area contributed by atoms with Gasteiger partial charge in [-0.2, -0.15) is 0 Å². The lowest BCUT2D eigenvalue weighted by Crippen LogP contribution is -2.65. The Morgan fingerprint density at radius 1 is 1.14 bits per heavy atom. The summed E-state index contributed by atoms with van der Waals surface area (Å²) in [4.78, 5) is 13.8. The largest absolute Gasteiger partial charge is 0.372 e. The molecule has 0 aromatic heterocycles. The second-order valence-electron chi connectivity index (χ2n) is 5.75. The molecule has 21 heavy (non-hydrogen) atoms. The summed E-state index contributed by atoms with van der Waals surface area (Å²) in [5, 5.41) is 6.20. The lowest BCUT2D eigenvalue weighted by molar-refractivity contribution is 0.214. The van der Waals surface area contributed by atoms with Crippen LogP contribution >= 0.6 is 0 Å². The van der Waals surface area contributed by atoms with E-state index in [1.165, 1.54) is 24.9 Å². The Bertz CT molecular complexity index is 483. The topological polar surface area (TPSA) is 68.4 Å². The van der Waals surface area contributed by atoms with Crippen LogP contribution < -0.4 is 26.4 Å². The number of hydrazine groups is 1. The molecular formula is C15H23N5O. The number of carbonyl (C=O) groups excluding carboxylic acids is 1. The Labute approximate surface area is 125 Å². The number of carbonyl (C=O) groups is 1. The number of urea groups is 1. The van der Waals surface area contributed by atoms with E-state index in [9.17, 15) is 4.79 Å². The van der Waals surface area contributed by atoms with Gasteiger partial charge in [-0.05, 0) is 50.5 Å². The van der Waals surface area contributed by atoms with E-state index in [1.54, 1.807) is 0 Å². The van der Waals surface area contributed by atoms with Gasteiger partial charge in [0.25, 0.3) is 0 Å². The van der Waals surface area contributed by atoms with Crippen molar-refractivity contribution >= 4 is 17.4 Å². The highest BCUT2D eigenvalue weighted by molar-refractivity contribution is 5.75. The third-order valence-corrected chi connectivity index (χ3v) is 4.11. The number of nitrogens with one attached hydrogen (secondary N) is 4. The number of anilines is 2. The van der Waals surface area contributed by atoms with Gasteiger partial charge in [0.05, 0.1) is 6.04 Å². The molecule has 1 aromatic rings. The molecule has 0 saturated carbocycles. The van der Waals surface area contributed by atoms with Crippen LogP contribution in [0.2, 0.25) is 0 Å². The van der Waals surface area contributed by atoms with Crippen molar-refractivity contribution in [2.45, 2.75) is 38.4 Å². The molecule has 2 heterocycles. The van der Waals surface area contributed by atoms with Crippen molar-refractivity contribution in [3.05, 3.63) is 24.3 Å². The van der Waals surface area contributed by atoms with E-state index >= 15 is 0 Å². The molecule has 2 atom stereocenters. The van der Waals surface area contributed by atoms with E-state index in [2.05, 4.69) is 50.7 Å². The molecule has 2 saturated heterocycles. The van der Waals surface area contributed by atoms with E-state index in [0.717, 1.165) is 18.8 Å². The molecule has 3 rings (SSSR count). The van der Waals surface area contributed by atoms with Crippen molar-refractivity contribution < 1.29 is 4.79 Å². The minimum atomic E-state index is -0.212. The Balaban J connectivity index is 1.62. The maximum absolute atomic E-state index is 11.3. The van der Waals surface area contributed by atoms with E-state index < -0.39 is 0 Å². The Morgan fingerprint density at radius 3 is 2.57 bits per heavy atom. The average molecular weight is 289 g/mol. The molecule has 2 amide bonds. The van der Waals surface area contributed by atoms with Crippen LogP contribution in [0, 0.1) is 0 Å². The molecule has 6 nitrogen and oxygen atoms in total. The van der Waals surface area contributed by atoms with Crippen LogP contribution in [0.5, 0.6) is 0 Å². The number of amides is 2. The van der Waals surface area contributed by atoms with Gasteiger partial charge in [0.2, 0.25) is 0 Å². The van der Waals surface area contributed by atoms with Crippen LogP contribution in [0.4, 0.5) is 16.2 Å². The maximum atomic E-state index is 11.3. The summed E-state index contributed by atoms with van der Waals surface area (Å²) in [6, 6.07) is 8.33. The van der Waals surface area contributed by atoms with Crippen molar-refractivity contribution in [1.29, 1.82) is 0 Å². The van der Waals surface area contributed by atoms with Crippen LogP contribution in [0.1, 0.15) is 26.2 Å². The maximum Gasteiger partial charge on any atom is 0.330 e. The summed E-state index contributed by atoms with van der Waals surface area (Å²) in [6.45, 7) is 4.31. The molecule has 2 aliphatic rings. The fraction of sp³-hybridized carbons (Fsp3) is 0.533. The molecule has 2 aliphatic heterocycles. The number of rotatable bonds is 3. The van der Waals surface area contributed by atoms with Gasteiger partial charge in [0, 0.05) is 24.5 Å². The lowest BCUT2D eigenvalue weighted by Gasteiger charge is -2.33. The Morgan fingerprint density at radius 2 is 1.86 bits per heavy atom. The van der Waals surface area contributed by atoms with E-state index in [0.29, 0.717) is 0 Å². The summed E-state index contributed by atoms with van der Waals surface area (Å²) in [5.41, 5.74) is 7.77. The highest BCUT2D eigenvalue weighted by Gasteiger charge is 2.24. The van der Waals surface area contributed by atoms with Gasteiger partial charge in [-0.15, -0.1) is 0 Å². The molecule has 0 spiro atoms. The van der Waals surface area contributed by atoms with Crippen LogP contribution in [0.25, 0.3) is 0 Å². The molecule has 4 N–H and O–H groups in total. The number of piperidine rings is 1. The van der Waals surface area contributed by atoms with Gasteiger partial charge in [-0.3, -0.25) is 5.43 Å². The second kappa shape index (κ2) is 6.22. The molecule has 6 heteroatoms. The van der Waals surface area contributed by atoms with Crippen molar-refractivity contribution in [2.24, 2.45) is 0 Å². The van der Waals surface area contributed by atoms with Gasteiger partial charge in [0.15, 0.2) is 0 Å². The van der Waals surface area contributed by atoms with Gasteiger partial charge in [-0.25, -0.2) is 10.2 Å². The Hall–Kier alpha value is -1.95. The van der Waals surface area contributed by atoms with E-state index in [1.807, 2.05) is 6.92 Å². The number of hydrogen-bond acceptors (Lipinski definition) is 4. The number of hydrogen-bond donors (Lipinski definition) is 4. The minimum Gasteiger partial charge on any atom is -0.372 e. The predicted octanol–water partition coefficient (Wildman–Crippen LogP) is 1.62. The van der Waals surface area contributed by atoms with Crippen molar-refractivity contribution in [1.82, 2.24) is 16.2 Å². The van der Waals surface area contributed by atoms with Gasteiger partial charge < -0.3 is 15.5 Å². The SMILES string of the molecule is CC1NNC(=O)NC1Nc1ccc(N2CCCCC2)cc1. The molecular weight excluding hydrogens is 266 g/mol. The molecule has 0 aliphatic carbocycles. The second-order valence-corrected chi connectivity index (χ2v) is 5.75. The summed E-state index contributed by atoms with van der Waals surface area (Å²) < 4.78 is 0. The quantitative estimate of drug-likeness (QED) is 0.682. The van der Waals surface area contributed by atoms with Gasteiger partial charge in [-0.1, -0.05) is 0 Å². The first-order valence-corrected chi connectivity index (χ1v) is 7.66. The molecule has 2 fully saturated rings.